The van der Waals surface area contributed by atoms with Gasteiger partial charge in [0.2, 0.25) is 10.0 Å². The maximum atomic E-state index is 13.0. The molecule has 0 spiro atoms. The van der Waals surface area contributed by atoms with Crippen molar-refractivity contribution >= 4 is 16.0 Å². The van der Waals surface area contributed by atoms with Crippen molar-refractivity contribution in [1.82, 2.24) is 4.31 Å². The quantitative estimate of drug-likeness (QED) is 0.761. The molecule has 2 aromatic rings. The van der Waals surface area contributed by atoms with E-state index >= 15 is 0 Å². The van der Waals surface area contributed by atoms with Gasteiger partial charge in [0, 0.05) is 13.7 Å². The molecule has 1 aliphatic heterocycles. The zero-order chi connectivity index (χ0) is 20.1. The second kappa shape index (κ2) is 8.72. The summed E-state index contributed by atoms with van der Waals surface area (Å²) in [4.78, 5) is 11.6. The Bertz CT molecular complexity index is 898. The van der Waals surface area contributed by atoms with Crippen molar-refractivity contribution < 1.29 is 27.8 Å². The molecule has 1 fully saturated rings. The second-order valence-corrected chi connectivity index (χ2v) is 8.50. The van der Waals surface area contributed by atoms with Crippen LogP contribution in [0, 0.1) is 0 Å². The maximum absolute atomic E-state index is 13.0. The van der Waals surface area contributed by atoms with Gasteiger partial charge in [-0.05, 0) is 42.7 Å². The molecule has 3 rings (SSSR count). The first kappa shape index (κ1) is 20.3. The Balaban J connectivity index is 1.76. The third-order valence-electron chi connectivity index (χ3n) is 4.79. The number of aliphatic carboxylic acids is 1. The van der Waals surface area contributed by atoms with Crippen LogP contribution < -0.4 is 4.74 Å². The minimum absolute atomic E-state index is 0.0159. The summed E-state index contributed by atoms with van der Waals surface area (Å²) in [5, 5.41) is 9.43. The Morgan fingerprint density at radius 2 is 1.79 bits per heavy atom. The summed E-state index contributed by atoms with van der Waals surface area (Å²) in [6.45, 7) is 0.387. The van der Waals surface area contributed by atoms with Crippen LogP contribution in [0.2, 0.25) is 0 Å². The van der Waals surface area contributed by atoms with E-state index in [1.807, 2.05) is 30.3 Å². The summed E-state index contributed by atoms with van der Waals surface area (Å²) in [6.07, 6.45) is 0.399. The summed E-state index contributed by atoms with van der Waals surface area (Å²) < 4.78 is 38.0. The van der Waals surface area contributed by atoms with Crippen LogP contribution in [0.5, 0.6) is 5.75 Å². The van der Waals surface area contributed by atoms with Gasteiger partial charge in [0.1, 0.15) is 18.4 Å². The van der Waals surface area contributed by atoms with Crippen LogP contribution in [-0.2, 0) is 26.2 Å². The number of methoxy groups -OCH3 is 1. The van der Waals surface area contributed by atoms with E-state index in [0.29, 0.717) is 18.8 Å². The van der Waals surface area contributed by atoms with Crippen LogP contribution >= 0.6 is 0 Å². The molecular weight excluding hydrogens is 382 g/mol. The highest BCUT2D eigenvalue weighted by atomic mass is 32.2. The molecule has 2 unspecified atom stereocenters. The smallest absolute Gasteiger partial charge is 0.322 e. The van der Waals surface area contributed by atoms with Crippen molar-refractivity contribution in [3.63, 3.8) is 0 Å². The molecule has 1 N–H and O–H groups in total. The van der Waals surface area contributed by atoms with E-state index < -0.39 is 22.0 Å². The standard InChI is InChI=1S/C20H23NO6S/c1-26-17-9-12-19(20(22)23)21(13-17)28(24,25)18-10-7-16(8-11-18)27-14-15-5-3-2-4-6-15/h2-8,10-11,17,19H,9,12-14H2,1H3,(H,22,23). The van der Waals surface area contributed by atoms with Gasteiger partial charge in [-0.15, -0.1) is 0 Å². The van der Waals surface area contributed by atoms with E-state index in [1.54, 1.807) is 12.1 Å². The minimum atomic E-state index is -3.97. The van der Waals surface area contributed by atoms with Crippen LogP contribution in [0.25, 0.3) is 0 Å². The molecule has 7 nitrogen and oxygen atoms in total. The van der Waals surface area contributed by atoms with Gasteiger partial charge in [-0.2, -0.15) is 4.31 Å². The predicted molar refractivity (Wildman–Crippen MR) is 103 cm³/mol. The summed E-state index contributed by atoms with van der Waals surface area (Å²) in [5.41, 5.74) is 1.00. The molecule has 0 aromatic heterocycles. The van der Waals surface area contributed by atoms with Gasteiger partial charge >= 0.3 is 5.97 Å². The topological polar surface area (TPSA) is 93.1 Å². The molecule has 0 aliphatic carbocycles. The zero-order valence-corrected chi connectivity index (χ0v) is 16.3. The van der Waals surface area contributed by atoms with E-state index in [4.69, 9.17) is 9.47 Å². The van der Waals surface area contributed by atoms with Gasteiger partial charge in [0.25, 0.3) is 0 Å². The van der Waals surface area contributed by atoms with Crippen molar-refractivity contribution in [2.45, 2.75) is 36.5 Å². The largest absolute Gasteiger partial charge is 0.489 e. The summed E-state index contributed by atoms with van der Waals surface area (Å²) in [5.74, 6) is -0.619. The number of carboxylic acids is 1. The van der Waals surface area contributed by atoms with Crippen molar-refractivity contribution in [3.05, 3.63) is 60.2 Å². The highest BCUT2D eigenvalue weighted by Crippen LogP contribution is 2.28. The van der Waals surface area contributed by atoms with Crippen molar-refractivity contribution in [2.75, 3.05) is 13.7 Å². The zero-order valence-electron chi connectivity index (χ0n) is 15.5. The summed E-state index contributed by atoms with van der Waals surface area (Å²) in [6, 6.07) is 14.6. The van der Waals surface area contributed by atoms with Crippen molar-refractivity contribution in [2.24, 2.45) is 0 Å². The molecule has 1 saturated heterocycles. The Hall–Kier alpha value is -2.42. The van der Waals surface area contributed by atoms with Gasteiger partial charge < -0.3 is 14.6 Å². The van der Waals surface area contributed by atoms with E-state index in [1.165, 1.54) is 19.2 Å². The molecule has 0 saturated carbocycles. The molecule has 0 radical (unpaired) electrons. The van der Waals surface area contributed by atoms with E-state index in [9.17, 15) is 18.3 Å². The molecule has 2 atom stereocenters. The summed E-state index contributed by atoms with van der Waals surface area (Å²) >= 11 is 0. The fourth-order valence-electron chi connectivity index (χ4n) is 3.20. The molecule has 0 bridgehead atoms. The highest BCUT2D eigenvalue weighted by Gasteiger charge is 2.40. The number of ether oxygens (including phenoxy) is 2. The van der Waals surface area contributed by atoms with Gasteiger partial charge in [0.05, 0.1) is 11.0 Å². The van der Waals surface area contributed by atoms with Gasteiger partial charge in [-0.25, -0.2) is 8.42 Å². The number of rotatable bonds is 7. The molecule has 0 amide bonds. The van der Waals surface area contributed by atoms with Crippen LogP contribution in [0.15, 0.2) is 59.5 Å². The minimum Gasteiger partial charge on any atom is -0.489 e. The monoisotopic (exact) mass is 405 g/mol. The first-order valence-electron chi connectivity index (χ1n) is 8.96. The van der Waals surface area contributed by atoms with Crippen LogP contribution in [0.1, 0.15) is 18.4 Å². The maximum Gasteiger partial charge on any atom is 0.322 e. The fourth-order valence-corrected chi connectivity index (χ4v) is 4.84. The normalized spacial score (nSPS) is 20.6. The molecule has 2 aromatic carbocycles. The van der Waals surface area contributed by atoms with Crippen LogP contribution in [0.4, 0.5) is 0 Å². The Kier molecular flexibility index (Phi) is 6.33. The first-order valence-corrected chi connectivity index (χ1v) is 10.4. The number of carbonyl (C=O) groups is 1. The predicted octanol–water partition coefficient (Wildman–Crippen LogP) is 2.52. The molecule has 28 heavy (non-hydrogen) atoms. The number of carboxylic acid groups (broad SMARTS) is 1. The second-order valence-electron chi connectivity index (χ2n) is 6.61. The van der Waals surface area contributed by atoms with Crippen molar-refractivity contribution in [1.29, 1.82) is 0 Å². The number of nitrogens with zero attached hydrogens (tertiary/aromatic N) is 1. The lowest BCUT2D eigenvalue weighted by atomic mass is 10.0. The lowest BCUT2D eigenvalue weighted by Crippen LogP contribution is -2.52. The van der Waals surface area contributed by atoms with Gasteiger partial charge in [-0.3, -0.25) is 4.79 Å². The first-order chi connectivity index (χ1) is 13.4. The summed E-state index contributed by atoms with van der Waals surface area (Å²) in [7, 11) is -2.47. The van der Waals surface area contributed by atoms with Crippen molar-refractivity contribution in [3.8, 4) is 5.75 Å². The fraction of sp³-hybridized carbons (Fsp3) is 0.350. The molecule has 1 heterocycles. The molecule has 8 heteroatoms. The average molecular weight is 405 g/mol. The number of piperidine rings is 1. The van der Waals surface area contributed by atoms with E-state index in [-0.39, 0.29) is 24.0 Å². The number of sulfonamides is 1. The molecule has 150 valence electrons. The van der Waals surface area contributed by atoms with E-state index in [2.05, 4.69) is 0 Å². The third kappa shape index (κ3) is 4.52. The third-order valence-corrected chi connectivity index (χ3v) is 6.68. The number of benzene rings is 2. The number of hydrogen-bond acceptors (Lipinski definition) is 5. The Morgan fingerprint density at radius 3 is 2.39 bits per heavy atom. The average Bonchev–Trinajstić information content (AvgIpc) is 2.72. The van der Waals surface area contributed by atoms with Crippen LogP contribution in [0.3, 0.4) is 0 Å². The van der Waals surface area contributed by atoms with E-state index in [0.717, 1.165) is 9.87 Å². The van der Waals surface area contributed by atoms with Gasteiger partial charge in [0.15, 0.2) is 0 Å². The van der Waals surface area contributed by atoms with Crippen LogP contribution in [-0.4, -0.2) is 49.6 Å². The molecule has 1 aliphatic rings. The molecular formula is C20H23NO6S. The number of hydrogen-bond donors (Lipinski definition) is 1. The highest BCUT2D eigenvalue weighted by molar-refractivity contribution is 7.89. The lowest BCUT2D eigenvalue weighted by Gasteiger charge is -2.35. The lowest BCUT2D eigenvalue weighted by molar-refractivity contribution is -0.143. The van der Waals surface area contributed by atoms with Gasteiger partial charge in [-0.1, -0.05) is 30.3 Å². The Labute approximate surface area is 164 Å². The SMILES string of the molecule is COC1CCC(C(=O)O)N(S(=O)(=O)c2ccc(OCc3ccccc3)cc2)C1. The Morgan fingerprint density at radius 1 is 1.11 bits per heavy atom.